The van der Waals surface area contributed by atoms with E-state index in [0.29, 0.717) is 5.13 Å². The number of nitrogens with zero attached hydrogens (tertiary/aromatic N) is 4. The second-order valence-corrected chi connectivity index (χ2v) is 5.67. The number of rotatable bonds is 3. The van der Waals surface area contributed by atoms with E-state index in [0.717, 1.165) is 30.7 Å². The van der Waals surface area contributed by atoms with Gasteiger partial charge in [-0.1, -0.05) is 11.3 Å². The van der Waals surface area contributed by atoms with Crippen molar-refractivity contribution >= 4 is 16.5 Å². The summed E-state index contributed by atoms with van der Waals surface area (Å²) in [5, 5.41) is 9.52. The number of hydrogen-bond acceptors (Lipinski definition) is 6. The quantitative estimate of drug-likeness (QED) is 0.827. The highest BCUT2D eigenvalue weighted by Crippen LogP contribution is 2.27. The third-order valence-corrected chi connectivity index (χ3v) is 4.05. The molecule has 2 fully saturated rings. The molecule has 2 N–H and O–H groups in total. The zero-order valence-electron chi connectivity index (χ0n) is 9.30. The van der Waals surface area contributed by atoms with E-state index in [1.165, 1.54) is 37.3 Å². The van der Waals surface area contributed by atoms with E-state index in [1.54, 1.807) is 0 Å². The second kappa shape index (κ2) is 4.27. The maximum atomic E-state index is 5.57. The van der Waals surface area contributed by atoms with Crippen LogP contribution in [0.5, 0.6) is 0 Å². The lowest BCUT2D eigenvalue weighted by atomic mass is 10.3. The lowest BCUT2D eigenvalue weighted by Crippen LogP contribution is -2.46. The van der Waals surface area contributed by atoms with Crippen LogP contribution < -0.4 is 5.73 Å². The van der Waals surface area contributed by atoms with Crippen molar-refractivity contribution in [1.29, 1.82) is 0 Å². The summed E-state index contributed by atoms with van der Waals surface area (Å²) in [5.74, 6) is 0. The first-order valence-electron chi connectivity index (χ1n) is 5.85. The molecule has 2 aliphatic rings. The molecule has 0 bridgehead atoms. The fraction of sp³-hybridized carbons (Fsp3) is 0.800. The van der Waals surface area contributed by atoms with Gasteiger partial charge in [-0.25, -0.2) is 0 Å². The molecule has 0 amide bonds. The summed E-state index contributed by atoms with van der Waals surface area (Å²) in [5.41, 5.74) is 5.57. The molecule has 0 radical (unpaired) electrons. The Balaban J connectivity index is 1.50. The van der Waals surface area contributed by atoms with E-state index in [9.17, 15) is 0 Å². The molecule has 1 aromatic heterocycles. The van der Waals surface area contributed by atoms with Gasteiger partial charge in [0.25, 0.3) is 0 Å². The lowest BCUT2D eigenvalue weighted by molar-refractivity contribution is 0.121. The fourth-order valence-corrected chi connectivity index (χ4v) is 2.90. The Morgan fingerprint density at radius 1 is 1.19 bits per heavy atom. The highest BCUT2D eigenvalue weighted by molar-refractivity contribution is 7.15. The third kappa shape index (κ3) is 2.34. The monoisotopic (exact) mass is 239 g/mol. The minimum atomic E-state index is 0.576. The lowest BCUT2D eigenvalue weighted by Gasteiger charge is -2.34. The number of anilines is 1. The molecule has 5 nitrogen and oxygen atoms in total. The Labute approximate surface area is 99.2 Å². The van der Waals surface area contributed by atoms with Crippen molar-refractivity contribution in [2.75, 3.05) is 31.9 Å². The van der Waals surface area contributed by atoms with Crippen molar-refractivity contribution in [1.82, 2.24) is 20.0 Å². The molecule has 0 aromatic carbocycles. The van der Waals surface area contributed by atoms with Gasteiger partial charge in [0.05, 0.1) is 6.54 Å². The maximum Gasteiger partial charge on any atom is 0.203 e. The summed E-state index contributed by atoms with van der Waals surface area (Å²) in [4.78, 5) is 5.06. The highest BCUT2D eigenvalue weighted by Gasteiger charge is 2.31. The topological polar surface area (TPSA) is 58.3 Å². The number of hydrogen-bond donors (Lipinski definition) is 1. The fourth-order valence-electron chi connectivity index (χ4n) is 2.25. The molecular formula is C10H17N5S. The molecule has 16 heavy (non-hydrogen) atoms. The molecule has 1 aliphatic heterocycles. The van der Waals surface area contributed by atoms with Gasteiger partial charge in [0.15, 0.2) is 0 Å². The average molecular weight is 239 g/mol. The second-order valence-electron chi connectivity index (χ2n) is 4.58. The van der Waals surface area contributed by atoms with Crippen LogP contribution in [0.15, 0.2) is 0 Å². The molecule has 0 atom stereocenters. The van der Waals surface area contributed by atoms with Crippen molar-refractivity contribution in [3.05, 3.63) is 5.01 Å². The third-order valence-electron chi connectivity index (χ3n) is 3.31. The van der Waals surface area contributed by atoms with E-state index in [4.69, 9.17) is 5.73 Å². The molecule has 0 unspecified atom stereocenters. The Kier molecular flexibility index (Phi) is 2.79. The molecule has 1 saturated heterocycles. The normalized spacial score (nSPS) is 23.8. The van der Waals surface area contributed by atoms with E-state index in [1.807, 2.05) is 0 Å². The molecule has 6 heteroatoms. The molecule has 0 spiro atoms. The zero-order chi connectivity index (χ0) is 11.0. The standard InChI is InChI=1S/C10H17N5S/c11-10-13-12-9(16-10)7-14-3-5-15(6-4-14)8-1-2-8/h8H,1-7H2,(H2,11,13). The maximum absolute atomic E-state index is 5.57. The van der Waals surface area contributed by atoms with Crippen molar-refractivity contribution in [3.63, 3.8) is 0 Å². The Morgan fingerprint density at radius 2 is 1.94 bits per heavy atom. The van der Waals surface area contributed by atoms with Crippen molar-refractivity contribution in [2.45, 2.75) is 25.4 Å². The minimum absolute atomic E-state index is 0.576. The zero-order valence-corrected chi connectivity index (χ0v) is 10.1. The number of nitrogen functional groups attached to an aromatic ring is 1. The Hall–Kier alpha value is -0.720. The molecule has 3 rings (SSSR count). The van der Waals surface area contributed by atoms with Crippen LogP contribution >= 0.6 is 11.3 Å². The van der Waals surface area contributed by atoms with Crippen molar-refractivity contribution < 1.29 is 0 Å². The average Bonchev–Trinajstić information content (AvgIpc) is 3.05. The number of aromatic nitrogens is 2. The van der Waals surface area contributed by atoms with Gasteiger partial charge in [-0.3, -0.25) is 9.80 Å². The minimum Gasteiger partial charge on any atom is -0.374 e. The Morgan fingerprint density at radius 3 is 2.50 bits per heavy atom. The Bertz CT molecular complexity index is 354. The van der Waals surface area contributed by atoms with E-state index in [-0.39, 0.29) is 0 Å². The van der Waals surface area contributed by atoms with E-state index < -0.39 is 0 Å². The van der Waals surface area contributed by atoms with Crippen LogP contribution in [-0.2, 0) is 6.54 Å². The van der Waals surface area contributed by atoms with Gasteiger partial charge in [0, 0.05) is 32.2 Å². The number of piperazine rings is 1. The predicted molar refractivity (Wildman–Crippen MR) is 64.2 cm³/mol. The molecule has 1 aliphatic carbocycles. The van der Waals surface area contributed by atoms with Gasteiger partial charge >= 0.3 is 0 Å². The summed E-state index contributed by atoms with van der Waals surface area (Å²) >= 11 is 1.50. The summed E-state index contributed by atoms with van der Waals surface area (Å²) in [6.07, 6.45) is 2.82. The molecule has 1 aromatic rings. The molecule has 88 valence electrons. The number of nitrogens with two attached hydrogens (primary N) is 1. The van der Waals surface area contributed by atoms with Gasteiger partial charge in [0.1, 0.15) is 5.01 Å². The first kappa shape index (κ1) is 10.4. The van der Waals surface area contributed by atoms with Crippen molar-refractivity contribution in [3.8, 4) is 0 Å². The smallest absolute Gasteiger partial charge is 0.203 e. The van der Waals surface area contributed by atoms with E-state index >= 15 is 0 Å². The SMILES string of the molecule is Nc1nnc(CN2CCN(C3CC3)CC2)s1. The van der Waals surface area contributed by atoms with Crippen LogP contribution in [0.25, 0.3) is 0 Å². The van der Waals surface area contributed by atoms with Crippen LogP contribution in [0.4, 0.5) is 5.13 Å². The molecule has 1 saturated carbocycles. The molecular weight excluding hydrogens is 222 g/mol. The summed E-state index contributed by atoms with van der Waals surface area (Å²) in [6.45, 7) is 5.62. The van der Waals surface area contributed by atoms with Gasteiger partial charge < -0.3 is 5.73 Å². The van der Waals surface area contributed by atoms with Gasteiger partial charge in [-0.15, -0.1) is 10.2 Å². The summed E-state index contributed by atoms with van der Waals surface area (Å²) in [7, 11) is 0. The van der Waals surface area contributed by atoms with Gasteiger partial charge in [0.2, 0.25) is 5.13 Å². The van der Waals surface area contributed by atoms with Crippen LogP contribution in [0.1, 0.15) is 17.8 Å². The first-order chi connectivity index (χ1) is 7.81. The highest BCUT2D eigenvalue weighted by atomic mass is 32.1. The van der Waals surface area contributed by atoms with Crippen molar-refractivity contribution in [2.24, 2.45) is 0 Å². The summed E-state index contributed by atoms with van der Waals surface area (Å²) < 4.78 is 0. The van der Waals surface area contributed by atoms with Crippen LogP contribution in [-0.4, -0.2) is 52.2 Å². The van der Waals surface area contributed by atoms with Gasteiger partial charge in [-0.05, 0) is 12.8 Å². The van der Waals surface area contributed by atoms with Crippen LogP contribution in [0.3, 0.4) is 0 Å². The summed E-state index contributed by atoms with van der Waals surface area (Å²) in [6, 6.07) is 0.902. The van der Waals surface area contributed by atoms with Crippen LogP contribution in [0, 0.1) is 0 Å². The molecule has 2 heterocycles. The largest absolute Gasteiger partial charge is 0.374 e. The van der Waals surface area contributed by atoms with E-state index in [2.05, 4.69) is 20.0 Å². The predicted octanol–water partition coefficient (Wildman–Crippen LogP) is 0.400. The van der Waals surface area contributed by atoms with Gasteiger partial charge in [-0.2, -0.15) is 0 Å². The van der Waals surface area contributed by atoms with Crippen LogP contribution in [0.2, 0.25) is 0 Å². The first-order valence-corrected chi connectivity index (χ1v) is 6.67.